The highest BCUT2D eigenvalue weighted by Gasteiger charge is 2.10. The fourth-order valence-corrected chi connectivity index (χ4v) is 2.43. The summed E-state index contributed by atoms with van der Waals surface area (Å²) in [5, 5.41) is 0.411. The Morgan fingerprint density at radius 3 is 2.45 bits per heavy atom. The smallest absolute Gasteiger partial charge is 0.127 e. The third kappa shape index (κ3) is 3.81. The van der Waals surface area contributed by atoms with Crippen molar-refractivity contribution < 1.29 is 4.39 Å². The molecule has 1 unspecified atom stereocenters. The second kappa shape index (κ2) is 6.38. The van der Waals surface area contributed by atoms with Gasteiger partial charge in [0.1, 0.15) is 5.82 Å². The predicted molar refractivity (Wildman–Crippen MR) is 82.7 cm³/mol. The van der Waals surface area contributed by atoms with Gasteiger partial charge in [0.2, 0.25) is 0 Å². The van der Waals surface area contributed by atoms with Gasteiger partial charge >= 0.3 is 0 Å². The van der Waals surface area contributed by atoms with Gasteiger partial charge in [0.25, 0.3) is 0 Å². The Kier molecular flexibility index (Phi) is 4.79. The molecule has 20 heavy (non-hydrogen) atoms. The van der Waals surface area contributed by atoms with E-state index in [0.29, 0.717) is 17.0 Å². The second-order valence-electron chi connectivity index (χ2n) is 5.32. The van der Waals surface area contributed by atoms with Crippen LogP contribution < -0.4 is 5.73 Å². The molecule has 0 radical (unpaired) electrons. The Morgan fingerprint density at radius 1 is 1.05 bits per heavy atom. The van der Waals surface area contributed by atoms with Crippen molar-refractivity contribution in [1.82, 2.24) is 0 Å². The zero-order chi connectivity index (χ0) is 14.7. The zero-order valence-corrected chi connectivity index (χ0v) is 12.5. The van der Waals surface area contributed by atoms with Gasteiger partial charge in [-0.3, -0.25) is 0 Å². The molecule has 0 saturated heterocycles. The number of aryl methyl sites for hydroxylation is 2. The molecule has 0 saturated carbocycles. The quantitative estimate of drug-likeness (QED) is 0.897. The lowest BCUT2D eigenvalue weighted by atomic mass is 9.97. The summed E-state index contributed by atoms with van der Waals surface area (Å²) in [4.78, 5) is 0. The van der Waals surface area contributed by atoms with Crippen molar-refractivity contribution in [1.29, 1.82) is 0 Å². The largest absolute Gasteiger partial charge is 0.327 e. The minimum Gasteiger partial charge on any atom is -0.327 e. The number of halogens is 2. The molecule has 0 aliphatic heterocycles. The highest BCUT2D eigenvalue weighted by atomic mass is 35.5. The summed E-state index contributed by atoms with van der Waals surface area (Å²) in [6, 6.07) is 11.0. The summed E-state index contributed by atoms with van der Waals surface area (Å²) in [5.74, 6) is -0.284. The first-order valence-corrected chi connectivity index (χ1v) is 7.09. The molecule has 0 aromatic heterocycles. The molecule has 0 amide bonds. The Hall–Kier alpha value is -1.38. The number of nitrogens with two attached hydrogens (primary N) is 1. The molecule has 1 nitrogen and oxygen atoms in total. The van der Waals surface area contributed by atoms with Gasteiger partial charge in [-0.2, -0.15) is 0 Å². The van der Waals surface area contributed by atoms with Crippen LogP contribution in [0.1, 0.15) is 22.3 Å². The third-order valence-electron chi connectivity index (χ3n) is 3.57. The number of benzene rings is 2. The number of hydrogen-bond acceptors (Lipinski definition) is 1. The van der Waals surface area contributed by atoms with Gasteiger partial charge in [-0.15, -0.1) is 0 Å². The van der Waals surface area contributed by atoms with Gasteiger partial charge in [-0.25, -0.2) is 4.39 Å². The Bertz CT molecular complexity index is 610. The molecule has 106 valence electrons. The van der Waals surface area contributed by atoms with Crippen LogP contribution in [0, 0.1) is 19.7 Å². The Morgan fingerprint density at radius 2 is 1.80 bits per heavy atom. The summed E-state index contributed by atoms with van der Waals surface area (Å²) < 4.78 is 13.7. The van der Waals surface area contributed by atoms with Crippen molar-refractivity contribution in [2.24, 2.45) is 5.73 Å². The normalized spacial score (nSPS) is 12.4. The lowest BCUT2D eigenvalue weighted by Crippen LogP contribution is -2.26. The second-order valence-corrected chi connectivity index (χ2v) is 5.76. The van der Waals surface area contributed by atoms with E-state index in [0.717, 1.165) is 6.42 Å². The average Bonchev–Trinajstić information content (AvgIpc) is 2.37. The van der Waals surface area contributed by atoms with Crippen LogP contribution in [0.5, 0.6) is 0 Å². The monoisotopic (exact) mass is 291 g/mol. The number of rotatable bonds is 4. The molecule has 2 rings (SSSR count). The summed E-state index contributed by atoms with van der Waals surface area (Å²) in [6.45, 7) is 4.17. The first-order valence-electron chi connectivity index (χ1n) is 6.71. The predicted octanol–water partition coefficient (Wildman–Crippen LogP) is 4.21. The molecule has 0 heterocycles. The van der Waals surface area contributed by atoms with Gasteiger partial charge in [0.05, 0.1) is 0 Å². The van der Waals surface area contributed by atoms with Crippen molar-refractivity contribution >= 4 is 11.6 Å². The van der Waals surface area contributed by atoms with Crippen LogP contribution in [0.2, 0.25) is 5.02 Å². The molecule has 0 spiro atoms. The molecular formula is C17H19ClFN. The molecule has 1 atom stereocenters. The van der Waals surface area contributed by atoms with E-state index in [4.69, 9.17) is 17.3 Å². The van der Waals surface area contributed by atoms with Gasteiger partial charge in [-0.1, -0.05) is 35.9 Å². The molecular weight excluding hydrogens is 273 g/mol. The highest BCUT2D eigenvalue weighted by molar-refractivity contribution is 6.30. The minimum atomic E-state index is -0.284. The molecule has 3 heteroatoms. The fraction of sp³-hybridized carbons (Fsp3) is 0.294. The third-order valence-corrected chi connectivity index (χ3v) is 3.80. The Labute approximate surface area is 124 Å². The van der Waals surface area contributed by atoms with Crippen LogP contribution in [0.3, 0.4) is 0 Å². The standard InChI is InChI=1S/C17H19ClFN/c1-11-3-4-13(7-12(11)2)8-16(20)9-14-5-6-15(18)10-17(14)19/h3-7,10,16H,8-9,20H2,1-2H3. The summed E-state index contributed by atoms with van der Waals surface area (Å²) in [6.07, 6.45) is 1.25. The molecule has 2 N–H and O–H groups in total. The molecule has 0 aliphatic carbocycles. The minimum absolute atomic E-state index is 0.104. The van der Waals surface area contributed by atoms with Crippen molar-refractivity contribution in [3.8, 4) is 0 Å². The summed E-state index contributed by atoms with van der Waals surface area (Å²) in [7, 11) is 0. The van der Waals surface area contributed by atoms with E-state index in [1.807, 2.05) is 0 Å². The van der Waals surface area contributed by atoms with Crippen LogP contribution >= 0.6 is 11.6 Å². The molecule has 0 aliphatic rings. The molecule has 0 fully saturated rings. The Balaban J connectivity index is 2.04. The molecule has 2 aromatic rings. The molecule has 0 bridgehead atoms. The van der Waals surface area contributed by atoms with Gasteiger partial charge in [-0.05, 0) is 61.1 Å². The van der Waals surface area contributed by atoms with Crippen LogP contribution in [-0.4, -0.2) is 6.04 Å². The highest BCUT2D eigenvalue weighted by Crippen LogP contribution is 2.17. The number of hydrogen-bond donors (Lipinski definition) is 1. The average molecular weight is 292 g/mol. The van der Waals surface area contributed by atoms with E-state index in [9.17, 15) is 4.39 Å². The van der Waals surface area contributed by atoms with E-state index in [1.165, 1.54) is 22.8 Å². The van der Waals surface area contributed by atoms with Crippen molar-refractivity contribution in [3.63, 3.8) is 0 Å². The van der Waals surface area contributed by atoms with E-state index >= 15 is 0 Å². The van der Waals surface area contributed by atoms with E-state index in [-0.39, 0.29) is 11.9 Å². The fourth-order valence-electron chi connectivity index (χ4n) is 2.28. The van der Waals surface area contributed by atoms with Gasteiger partial charge in [0, 0.05) is 11.1 Å². The maximum atomic E-state index is 13.7. The van der Waals surface area contributed by atoms with Crippen LogP contribution in [0.4, 0.5) is 4.39 Å². The SMILES string of the molecule is Cc1ccc(CC(N)Cc2ccc(Cl)cc2F)cc1C. The van der Waals surface area contributed by atoms with Crippen molar-refractivity contribution in [3.05, 3.63) is 69.5 Å². The van der Waals surface area contributed by atoms with Crippen molar-refractivity contribution in [2.45, 2.75) is 32.7 Å². The van der Waals surface area contributed by atoms with E-state index < -0.39 is 0 Å². The summed E-state index contributed by atoms with van der Waals surface area (Å²) in [5.41, 5.74) is 10.5. The topological polar surface area (TPSA) is 26.0 Å². The maximum Gasteiger partial charge on any atom is 0.127 e. The lowest BCUT2D eigenvalue weighted by molar-refractivity contribution is 0.584. The van der Waals surface area contributed by atoms with Gasteiger partial charge in [0.15, 0.2) is 0 Å². The van der Waals surface area contributed by atoms with Crippen LogP contribution in [-0.2, 0) is 12.8 Å². The van der Waals surface area contributed by atoms with Gasteiger partial charge < -0.3 is 5.73 Å². The first-order chi connectivity index (χ1) is 9.45. The zero-order valence-electron chi connectivity index (χ0n) is 11.8. The first kappa shape index (κ1) is 15.0. The maximum absolute atomic E-state index is 13.7. The van der Waals surface area contributed by atoms with E-state index in [2.05, 4.69) is 32.0 Å². The van der Waals surface area contributed by atoms with Crippen LogP contribution in [0.25, 0.3) is 0 Å². The van der Waals surface area contributed by atoms with Crippen molar-refractivity contribution in [2.75, 3.05) is 0 Å². The summed E-state index contributed by atoms with van der Waals surface area (Å²) >= 11 is 5.74. The lowest BCUT2D eigenvalue weighted by Gasteiger charge is -2.13. The van der Waals surface area contributed by atoms with E-state index in [1.54, 1.807) is 12.1 Å². The molecule has 2 aromatic carbocycles. The van der Waals surface area contributed by atoms with Crippen LogP contribution in [0.15, 0.2) is 36.4 Å².